The number of hydrogen-bond donors (Lipinski definition) is 2. The maximum absolute atomic E-state index is 12.0. The van der Waals surface area contributed by atoms with Crippen molar-refractivity contribution in [1.82, 2.24) is 10.6 Å². The monoisotopic (exact) mass is 262 g/mol. The van der Waals surface area contributed by atoms with Gasteiger partial charge in [-0.05, 0) is 13.5 Å². The third kappa shape index (κ3) is 2.97. The van der Waals surface area contributed by atoms with E-state index >= 15 is 0 Å². The predicted octanol–water partition coefficient (Wildman–Crippen LogP) is -1.48. The summed E-state index contributed by atoms with van der Waals surface area (Å²) in [7, 11) is -1.15. The Morgan fingerprint density at radius 3 is 2.71 bits per heavy atom. The highest BCUT2D eigenvalue weighted by Gasteiger charge is 2.36. The summed E-state index contributed by atoms with van der Waals surface area (Å²) in [4.78, 5) is 12.0. The Kier molecular flexibility index (Phi) is 3.70. The average Bonchev–Trinajstić information content (AvgIpc) is 2.84. The van der Waals surface area contributed by atoms with E-state index in [2.05, 4.69) is 10.6 Å². The van der Waals surface area contributed by atoms with Crippen LogP contribution in [0, 0.1) is 5.92 Å². The average molecular weight is 262 g/mol. The molecular weight excluding hydrogens is 244 g/mol. The molecule has 2 aliphatic rings. The topological polar surface area (TPSA) is 84.5 Å². The van der Waals surface area contributed by atoms with Crippen molar-refractivity contribution in [2.75, 3.05) is 31.8 Å². The van der Waals surface area contributed by atoms with Crippen molar-refractivity contribution in [2.24, 2.45) is 5.92 Å². The number of rotatable bonds is 3. The number of carbonyl (C=O) groups is 1. The molecule has 98 valence electrons. The van der Waals surface area contributed by atoms with Crippen molar-refractivity contribution in [1.29, 1.82) is 0 Å². The Bertz CT molecular complexity index is 395. The first kappa shape index (κ1) is 12.8. The van der Waals surface area contributed by atoms with Crippen LogP contribution >= 0.6 is 0 Å². The van der Waals surface area contributed by atoms with Gasteiger partial charge in [-0.2, -0.15) is 0 Å². The van der Waals surface area contributed by atoms with Gasteiger partial charge in [0.2, 0.25) is 5.91 Å². The zero-order valence-corrected chi connectivity index (χ0v) is 10.6. The first-order valence-electron chi connectivity index (χ1n) is 5.77. The largest absolute Gasteiger partial charge is 0.379 e. The number of amides is 1. The summed E-state index contributed by atoms with van der Waals surface area (Å²) in [6, 6.07) is -0.210. The van der Waals surface area contributed by atoms with Crippen LogP contribution in [0.4, 0.5) is 0 Å². The van der Waals surface area contributed by atoms with Gasteiger partial charge in [-0.1, -0.05) is 0 Å². The van der Waals surface area contributed by atoms with E-state index in [-0.39, 0.29) is 35.4 Å². The molecule has 2 rings (SSSR count). The normalized spacial score (nSPS) is 35.9. The van der Waals surface area contributed by atoms with Gasteiger partial charge >= 0.3 is 0 Å². The fourth-order valence-corrected chi connectivity index (χ4v) is 3.99. The van der Waals surface area contributed by atoms with Crippen LogP contribution in [0.2, 0.25) is 0 Å². The SMILES string of the molecule is CNC1COCC1C(=O)NC1CCS(=O)(=O)C1. The van der Waals surface area contributed by atoms with E-state index in [1.165, 1.54) is 0 Å². The summed E-state index contributed by atoms with van der Waals surface area (Å²) in [5.41, 5.74) is 0. The van der Waals surface area contributed by atoms with Crippen LogP contribution in [0.5, 0.6) is 0 Å². The molecule has 17 heavy (non-hydrogen) atoms. The zero-order chi connectivity index (χ0) is 12.5. The number of nitrogens with one attached hydrogen (secondary N) is 2. The lowest BCUT2D eigenvalue weighted by molar-refractivity contribution is -0.126. The fourth-order valence-electron chi connectivity index (χ4n) is 2.31. The molecule has 0 aliphatic carbocycles. The molecule has 1 amide bonds. The standard InChI is InChI=1S/C10H18N2O4S/c1-11-9-5-16-4-8(9)10(13)12-7-2-3-17(14,15)6-7/h7-9,11H,2-6H2,1H3,(H,12,13). The predicted molar refractivity (Wildman–Crippen MR) is 62.4 cm³/mol. The molecule has 2 fully saturated rings. The number of hydrogen-bond acceptors (Lipinski definition) is 5. The molecule has 3 unspecified atom stereocenters. The molecule has 0 spiro atoms. The zero-order valence-electron chi connectivity index (χ0n) is 9.81. The Hall–Kier alpha value is -0.660. The number of sulfone groups is 1. The minimum Gasteiger partial charge on any atom is -0.379 e. The van der Waals surface area contributed by atoms with Gasteiger partial charge in [0.15, 0.2) is 9.84 Å². The quantitative estimate of drug-likeness (QED) is 0.648. The summed E-state index contributed by atoms with van der Waals surface area (Å²) in [5, 5.41) is 5.83. The minimum atomic E-state index is -2.95. The van der Waals surface area contributed by atoms with E-state index in [1.54, 1.807) is 7.05 Å². The van der Waals surface area contributed by atoms with E-state index in [0.29, 0.717) is 19.6 Å². The molecule has 7 heteroatoms. The maximum Gasteiger partial charge on any atom is 0.227 e. The second-order valence-electron chi connectivity index (χ2n) is 4.65. The molecule has 0 aromatic heterocycles. The molecule has 2 N–H and O–H groups in total. The van der Waals surface area contributed by atoms with Gasteiger partial charge in [-0.25, -0.2) is 8.42 Å². The first-order valence-corrected chi connectivity index (χ1v) is 7.60. The number of likely N-dealkylation sites (N-methyl/N-ethyl adjacent to an activating group) is 1. The first-order chi connectivity index (χ1) is 8.02. The Morgan fingerprint density at radius 1 is 1.35 bits per heavy atom. The molecule has 2 heterocycles. The maximum atomic E-state index is 12.0. The van der Waals surface area contributed by atoms with Crippen LogP contribution in [-0.2, 0) is 19.4 Å². The van der Waals surface area contributed by atoms with Gasteiger partial charge in [-0.15, -0.1) is 0 Å². The lowest BCUT2D eigenvalue weighted by Crippen LogP contribution is -2.46. The number of ether oxygens (including phenoxy) is 1. The molecule has 0 bridgehead atoms. The van der Waals surface area contributed by atoms with Crippen molar-refractivity contribution >= 4 is 15.7 Å². The van der Waals surface area contributed by atoms with Gasteiger partial charge in [0.25, 0.3) is 0 Å². The lowest BCUT2D eigenvalue weighted by atomic mass is 10.0. The second kappa shape index (κ2) is 4.91. The van der Waals surface area contributed by atoms with E-state index in [9.17, 15) is 13.2 Å². The van der Waals surface area contributed by atoms with Gasteiger partial charge in [-0.3, -0.25) is 4.79 Å². The van der Waals surface area contributed by atoms with Crippen LogP contribution in [0.15, 0.2) is 0 Å². The fraction of sp³-hybridized carbons (Fsp3) is 0.900. The summed E-state index contributed by atoms with van der Waals surface area (Å²) in [6.45, 7) is 0.925. The molecule has 6 nitrogen and oxygen atoms in total. The molecule has 3 atom stereocenters. The highest BCUT2D eigenvalue weighted by molar-refractivity contribution is 7.91. The van der Waals surface area contributed by atoms with E-state index in [4.69, 9.17) is 4.74 Å². The Balaban J connectivity index is 1.89. The second-order valence-corrected chi connectivity index (χ2v) is 6.88. The van der Waals surface area contributed by atoms with Crippen LogP contribution in [-0.4, -0.2) is 58.2 Å². The minimum absolute atomic E-state index is 0.0213. The third-order valence-electron chi connectivity index (χ3n) is 3.37. The van der Waals surface area contributed by atoms with E-state index in [1.807, 2.05) is 0 Å². The smallest absolute Gasteiger partial charge is 0.227 e. The van der Waals surface area contributed by atoms with Crippen molar-refractivity contribution in [2.45, 2.75) is 18.5 Å². The summed E-state index contributed by atoms with van der Waals surface area (Å²) >= 11 is 0. The van der Waals surface area contributed by atoms with Gasteiger partial charge in [0.05, 0.1) is 30.6 Å². The van der Waals surface area contributed by atoms with Gasteiger partial charge in [0, 0.05) is 12.1 Å². The van der Waals surface area contributed by atoms with Crippen LogP contribution in [0.1, 0.15) is 6.42 Å². The molecule has 0 saturated carbocycles. The van der Waals surface area contributed by atoms with E-state index in [0.717, 1.165) is 0 Å². The van der Waals surface area contributed by atoms with Crippen molar-refractivity contribution in [3.63, 3.8) is 0 Å². The Morgan fingerprint density at radius 2 is 2.12 bits per heavy atom. The molecule has 0 radical (unpaired) electrons. The van der Waals surface area contributed by atoms with Crippen molar-refractivity contribution < 1.29 is 17.9 Å². The van der Waals surface area contributed by atoms with Crippen LogP contribution < -0.4 is 10.6 Å². The number of carbonyl (C=O) groups excluding carboxylic acids is 1. The highest BCUT2D eigenvalue weighted by Crippen LogP contribution is 2.16. The third-order valence-corrected chi connectivity index (χ3v) is 5.13. The van der Waals surface area contributed by atoms with Crippen molar-refractivity contribution in [3.8, 4) is 0 Å². The van der Waals surface area contributed by atoms with Gasteiger partial charge in [0.1, 0.15) is 0 Å². The lowest BCUT2D eigenvalue weighted by Gasteiger charge is -2.18. The summed E-state index contributed by atoms with van der Waals surface area (Å²) in [6.07, 6.45) is 0.520. The van der Waals surface area contributed by atoms with Crippen LogP contribution in [0.3, 0.4) is 0 Å². The van der Waals surface area contributed by atoms with Crippen molar-refractivity contribution in [3.05, 3.63) is 0 Å². The summed E-state index contributed by atoms with van der Waals surface area (Å²) in [5.74, 6) is -0.0854. The Labute approximate surface area is 101 Å². The molecule has 0 aromatic carbocycles. The summed E-state index contributed by atoms with van der Waals surface area (Å²) < 4.78 is 27.8. The van der Waals surface area contributed by atoms with Gasteiger partial charge < -0.3 is 15.4 Å². The molecular formula is C10H18N2O4S. The molecule has 2 aliphatic heterocycles. The molecule has 0 aromatic rings. The highest BCUT2D eigenvalue weighted by atomic mass is 32.2. The molecule has 2 saturated heterocycles. The van der Waals surface area contributed by atoms with E-state index < -0.39 is 9.84 Å². The van der Waals surface area contributed by atoms with Crippen LogP contribution in [0.25, 0.3) is 0 Å².